The zero-order valence-electron chi connectivity index (χ0n) is 16.4. The Bertz CT molecular complexity index is 1070. The number of nitrogens with zero attached hydrogens (tertiary/aromatic N) is 4. The molecule has 144 valence electrons. The standard InChI is InChI=1S/C20H26N4O2S/c1-5-18-21-22(11-19(25)23-12(2)7-6-8-13(23)3)20(26)16-10-17-15(24(16)18)9-14(4)27-17/h9-10,12-13H,5-8,11H2,1-4H3/t12-,13-/m0/s1. The van der Waals surface area contributed by atoms with Crippen molar-refractivity contribution in [1.29, 1.82) is 0 Å². The number of fused-ring (bicyclic) bond motifs is 3. The van der Waals surface area contributed by atoms with Crippen LogP contribution in [-0.2, 0) is 17.8 Å². The number of piperidine rings is 1. The molecule has 3 aromatic rings. The van der Waals surface area contributed by atoms with Gasteiger partial charge in [0, 0.05) is 23.4 Å². The molecule has 0 bridgehead atoms. The van der Waals surface area contributed by atoms with E-state index in [1.165, 1.54) is 9.56 Å². The van der Waals surface area contributed by atoms with Crippen molar-refractivity contribution in [3.8, 4) is 0 Å². The summed E-state index contributed by atoms with van der Waals surface area (Å²) in [6, 6.07) is 4.46. The van der Waals surface area contributed by atoms with E-state index in [1.807, 2.05) is 22.3 Å². The lowest BCUT2D eigenvalue weighted by molar-refractivity contribution is -0.138. The Morgan fingerprint density at radius 2 is 1.93 bits per heavy atom. The summed E-state index contributed by atoms with van der Waals surface area (Å²) in [7, 11) is 0. The van der Waals surface area contributed by atoms with Gasteiger partial charge in [0.2, 0.25) is 5.91 Å². The van der Waals surface area contributed by atoms with Crippen LogP contribution in [0.2, 0.25) is 0 Å². The number of thiophene rings is 1. The second-order valence-corrected chi connectivity index (χ2v) is 8.92. The highest BCUT2D eigenvalue weighted by Gasteiger charge is 2.29. The van der Waals surface area contributed by atoms with Crippen molar-refractivity contribution in [2.24, 2.45) is 0 Å². The maximum absolute atomic E-state index is 13.0. The quantitative estimate of drug-likeness (QED) is 0.693. The zero-order valence-corrected chi connectivity index (χ0v) is 17.2. The molecule has 4 rings (SSSR count). The van der Waals surface area contributed by atoms with Crippen LogP contribution in [0, 0.1) is 6.92 Å². The van der Waals surface area contributed by atoms with E-state index in [1.54, 1.807) is 11.3 Å². The van der Waals surface area contributed by atoms with Crippen molar-refractivity contribution in [2.75, 3.05) is 0 Å². The Labute approximate surface area is 162 Å². The molecule has 1 aliphatic heterocycles. The van der Waals surface area contributed by atoms with Crippen LogP contribution in [0.4, 0.5) is 0 Å². The van der Waals surface area contributed by atoms with Crippen molar-refractivity contribution < 1.29 is 4.79 Å². The number of likely N-dealkylation sites (tertiary alicyclic amines) is 1. The molecule has 1 fully saturated rings. The molecule has 0 aromatic carbocycles. The number of rotatable bonds is 3. The molecule has 0 spiro atoms. The van der Waals surface area contributed by atoms with Crippen LogP contribution in [-0.4, -0.2) is 37.1 Å². The molecule has 1 amide bonds. The van der Waals surface area contributed by atoms with E-state index in [0.29, 0.717) is 11.9 Å². The number of hydrogen-bond donors (Lipinski definition) is 0. The number of aryl methyl sites for hydroxylation is 2. The maximum Gasteiger partial charge on any atom is 0.291 e. The van der Waals surface area contributed by atoms with Gasteiger partial charge in [-0.15, -0.1) is 11.3 Å². The smallest absolute Gasteiger partial charge is 0.291 e. The second kappa shape index (κ2) is 6.78. The number of carbonyl (C=O) groups is 1. The third-order valence-electron chi connectivity index (χ3n) is 5.64. The third kappa shape index (κ3) is 2.98. The topological polar surface area (TPSA) is 59.6 Å². The molecule has 0 radical (unpaired) electrons. The first-order valence-electron chi connectivity index (χ1n) is 9.73. The van der Waals surface area contributed by atoms with E-state index in [9.17, 15) is 9.59 Å². The van der Waals surface area contributed by atoms with E-state index in [4.69, 9.17) is 0 Å². The fourth-order valence-electron chi connectivity index (χ4n) is 4.37. The van der Waals surface area contributed by atoms with Crippen LogP contribution >= 0.6 is 11.3 Å². The number of hydrogen-bond acceptors (Lipinski definition) is 4. The van der Waals surface area contributed by atoms with Crippen LogP contribution in [0.1, 0.15) is 50.7 Å². The Morgan fingerprint density at radius 1 is 1.22 bits per heavy atom. The molecule has 0 N–H and O–H groups in total. The summed E-state index contributed by atoms with van der Waals surface area (Å²) in [5.74, 6) is 0.796. The van der Waals surface area contributed by atoms with E-state index < -0.39 is 0 Å². The highest BCUT2D eigenvalue weighted by molar-refractivity contribution is 7.19. The van der Waals surface area contributed by atoms with Gasteiger partial charge in [0.15, 0.2) is 0 Å². The van der Waals surface area contributed by atoms with E-state index in [2.05, 4.69) is 31.9 Å². The van der Waals surface area contributed by atoms with Gasteiger partial charge in [0.1, 0.15) is 17.9 Å². The Hall–Kier alpha value is -2.15. The van der Waals surface area contributed by atoms with Crippen LogP contribution in [0.3, 0.4) is 0 Å². The minimum Gasteiger partial charge on any atom is -0.336 e. The normalized spacial score (nSPS) is 20.7. The molecule has 4 heterocycles. The molecule has 3 aromatic heterocycles. The first-order valence-corrected chi connectivity index (χ1v) is 10.5. The summed E-state index contributed by atoms with van der Waals surface area (Å²) in [5, 5.41) is 4.56. The first-order chi connectivity index (χ1) is 12.9. The summed E-state index contributed by atoms with van der Waals surface area (Å²) in [4.78, 5) is 29.2. The SMILES string of the molecule is CCc1nn(CC(=O)N2[C@@H](C)CCC[C@@H]2C)c(=O)c2cc3sc(C)cc3n12. The molecule has 1 aliphatic rings. The minimum atomic E-state index is -0.195. The second-order valence-electron chi connectivity index (χ2n) is 7.63. The van der Waals surface area contributed by atoms with Crippen molar-refractivity contribution >= 4 is 33.0 Å². The largest absolute Gasteiger partial charge is 0.336 e. The van der Waals surface area contributed by atoms with Gasteiger partial charge >= 0.3 is 0 Å². The number of carbonyl (C=O) groups excluding carboxylic acids is 1. The van der Waals surface area contributed by atoms with E-state index >= 15 is 0 Å². The highest BCUT2D eigenvalue weighted by atomic mass is 32.1. The van der Waals surface area contributed by atoms with Crippen LogP contribution < -0.4 is 5.56 Å². The van der Waals surface area contributed by atoms with Crippen molar-refractivity contribution in [3.05, 3.63) is 33.2 Å². The van der Waals surface area contributed by atoms with Crippen molar-refractivity contribution in [2.45, 2.75) is 72.0 Å². The number of aromatic nitrogens is 3. The zero-order chi connectivity index (χ0) is 19.3. The average Bonchev–Trinajstić information content (AvgIpc) is 3.13. The molecule has 6 nitrogen and oxygen atoms in total. The van der Waals surface area contributed by atoms with Gasteiger partial charge in [-0.2, -0.15) is 5.10 Å². The molecule has 7 heteroatoms. The molecular formula is C20H26N4O2S. The fourth-order valence-corrected chi connectivity index (χ4v) is 5.31. The lowest BCUT2D eigenvalue weighted by atomic mass is 9.97. The molecular weight excluding hydrogens is 360 g/mol. The Balaban J connectivity index is 1.77. The van der Waals surface area contributed by atoms with Crippen molar-refractivity contribution in [3.63, 3.8) is 0 Å². The molecule has 27 heavy (non-hydrogen) atoms. The average molecular weight is 387 g/mol. The minimum absolute atomic E-state index is 0.00880. The third-order valence-corrected chi connectivity index (χ3v) is 6.63. The van der Waals surface area contributed by atoms with Gasteiger partial charge < -0.3 is 4.90 Å². The van der Waals surface area contributed by atoms with Crippen LogP contribution in [0.25, 0.3) is 15.7 Å². The summed E-state index contributed by atoms with van der Waals surface area (Å²) in [6.07, 6.45) is 3.88. The summed E-state index contributed by atoms with van der Waals surface area (Å²) < 4.78 is 4.40. The lowest BCUT2D eigenvalue weighted by Crippen LogP contribution is -2.49. The molecule has 2 atom stereocenters. The lowest BCUT2D eigenvalue weighted by Gasteiger charge is -2.39. The van der Waals surface area contributed by atoms with E-state index in [0.717, 1.165) is 35.3 Å². The fraction of sp³-hybridized carbons (Fsp3) is 0.550. The van der Waals surface area contributed by atoms with Crippen LogP contribution in [0.5, 0.6) is 0 Å². The summed E-state index contributed by atoms with van der Waals surface area (Å²) >= 11 is 1.68. The first kappa shape index (κ1) is 18.2. The van der Waals surface area contributed by atoms with Gasteiger partial charge in [0.25, 0.3) is 5.56 Å². The van der Waals surface area contributed by atoms with Gasteiger partial charge in [-0.1, -0.05) is 6.92 Å². The van der Waals surface area contributed by atoms with Crippen molar-refractivity contribution in [1.82, 2.24) is 19.1 Å². The molecule has 0 unspecified atom stereocenters. The van der Waals surface area contributed by atoms with E-state index in [-0.39, 0.29) is 30.1 Å². The van der Waals surface area contributed by atoms with Gasteiger partial charge in [-0.05, 0) is 52.2 Å². The van der Waals surface area contributed by atoms with Gasteiger partial charge in [0.05, 0.1) is 10.2 Å². The molecule has 0 saturated carbocycles. The summed E-state index contributed by atoms with van der Waals surface area (Å²) in [6.45, 7) is 8.28. The molecule has 0 aliphatic carbocycles. The Kier molecular flexibility index (Phi) is 4.58. The predicted molar refractivity (Wildman–Crippen MR) is 109 cm³/mol. The van der Waals surface area contributed by atoms with Crippen LogP contribution in [0.15, 0.2) is 16.9 Å². The predicted octanol–water partition coefficient (Wildman–Crippen LogP) is 3.37. The highest BCUT2D eigenvalue weighted by Crippen LogP contribution is 2.28. The maximum atomic E-state index is 13.0. The summed E-state index contributed by atoms with van der Waals surface area (Å²) in [5.41, 5.74) is 1.44. The van der Waals surface area contributed by atoms with Gasteiger partial charge in [-0.3, -0.25) is 14.0 Å². The van der Waals surface area contributed by atoms with Gasteiger partial charge in [-0.25, -0.2) is 4.68 Å². The monoisotopic (exact) mass is 386 g/mol. The number of amides is 1. The molecule has 1 saturated heterocycles. The Morgan fingerprint density at radius 3 is 2.59 bits per heavy atom.